The van der Waals surface area contributed by atoms with Gasteiger partial charge in [0.1, 0.15) is 17.5 Å². The highest BCUT2D eigenvalue weighted by Gasteiger charge is 2.38. The van der Waals surface area contributed by atoms with Gasteiger partial charge in [-0.3, -0.25) is 14.4 Å². The zero-order valence-electron chi connectivity index (χ0n) is 23.2. The van der Waals surface area contributed by atoms with Crippen LogP contribution in [0.5, 0.6) is 5.75 Å². The van der Waals surface area contributed by atoms with E-state index in [-0.39, 0.29) is 48.1 Å². The molecule has 38 heavy (non-hydrogen) atoms. The number of aromatic nitrogens is 1. The average Bonchev–Trinajstić information content (AvgIpc) is 3.26. The SMILES string of the molecule is CNC(C)C(=O)N[C@H](C(=O)N1CCN(C(=O)c2cc3ccc(OC)cc3n2C)CC1C)C1CCCCC1.Cl. The number of aryl methyl sites for hydroxylation is 1. The molecule has 2 aliphatic rings. The van der Waals surface area contributed by atoms with E-state index < -0.39 is 6.04 Å². The summed E-state index contributed by atoms with van der Waals surface area (Å²) in [5.74, 6) is 0.669. The van der Waals surface area contributed by atoms with Crippen molar-refractivity contribution in [3.63, 3.8) is 0 Å². The van der Waals surface area contributed by atoms with Crippen molar-refractivity contribution in [1.29, 1.82) is 0 Å². The molecule has 1 aliphatic heterocycles. The number of halogens is 1. The van der Waals surface area contributed by atoms with Crippen molar-refractivity contribution in [2.75, 3.05) is 33.8 Å². The second kappa shape index (κ2) is 12.8. The summed E-state index contributed by atoms with van der Waals surface area (Å²) in [6.45, 7) is 5.14. The monoisotopic (exact) mass is 547 g/mol. The van der Waals surface area contributed by atoms with Crippen molar-refractivity contribution in [3.8, 4) is 5.75 Å². The number of ether oxygens (including phenoxy) is 1. The van der Waals surface area contributed by atoms with Crippen molar-refractivity contribution in [2.24, 2.45) is 13.0 Å². The van der Waals surface area contributed by atoms with Gasteiger partial charge in [-0.05, 0) is 57.9 Å². The van der Waals surface area contributed by atoms with Gasteiger partial charge >= 0.3 is 0 Å². The van der Waals surface area contributed by atoms with Crippen molar-refractivity contribution < 1.29 is 19.1 Å². The van der Waals surface area contributed by atoms with Gasteiger partial charge in [-0.2, -0.15) is 0 Å². The minimum absolute atomic E-state index is 0. The lowest BCUT2D eigenvalue weighted by molar-refractivity contribution is -0.142. The van der Waals surface area contributed by atoms with Gasteiger partial charge < -0.3 is 29.7 Å². The van der Waals surface area contributed by atoms with E-state index in [0.29, 0.717) is 25.3 Å². The van der Waals surface area contributed by atoms with Gasteiger partial charge in [-0.25, -0.2) is 0 Å². The van der Waals surface area contributed by atoms with E-state index >= 15 is 0 Å². The molecule has 3 amide bonds. The molecule has 0 bridgehead atoms. The molecule has 1 saturated carbocycles. The smallest absolute Gasteiger partial charge is 0.270 e. The Hall–Kier alpha value is -2.78. The fourth-order valence-electron chi connectivity index (χ4n) is 5.71. The fraction of sp³-hybridized carbons (Fsp3) is 0.607. The predicted molar refractivity (Wildman–Crippen MR) is 151 cm³/mol. The molecule has 2 unspecified atom stereocenters. The van der Waals surface area contributed by atoms with Gasteiger partial charge in [0.15, 0.2) is 0 Å². The highest BCUT2D eigenvalue weighted by molar-refractivity contribution is 5.99. The summed E-state index contributed by atoms with van der Waals surface area (Å²) < 4.78 is 7.24. The van der Waals surface area contributed by atoms with E-state index in [4.69, 9.17) is 4.74 Å². The topological polar surface area (TPSA) is 95.9 Å². The Balaban J connectivity index is 0.00000400. The van der Waals surface area contributed by atoms with Crippen LogP contribution in [0.15, 0.2) is 24.3 Å². The van der Waals surface area contributed by atoms with Crippen LogP contribution in [0.1, 0.15) is 56.4 Å². The number of hydrogen-bond acceptors (Lipinski definition) is 5. The number of rotatable bonds is 7. The molecule has 9 nitrogen and oxygen atoms in total. The van der Waals surface area contributed by atoms with Gasteiger partial charge in [0.05, 0.1) is 18.7 Å². The van der Waals surface area contributed by atoms with Gasteiger partial charge in [0, 0.05) is 44.2 Å². The summed E-state index contributed by atoms with van der Waals surface area (Å²) in [5, 5.41) is 7.01. The van der Waals surface area contributed by atoms with Crippen molar-refractivity contribution in [1.82, 2.24) is 25.0 Å². The van der Waals surface area contributed by atoms with Gasteiger partial charge in [-0.15, -0.1) is 12.4 Å². The molecule has 1 saturated heterocycles. The predicted octanol–water partition coefficient (Wildman–Crippen LogP) is 2.95. The molecule has 2 N–H and O–H groups in total. The summed E-state index contributed by atoms with van der Waals surface area (Å²) in [5.41, 5.74) is 1.55. The number of methoxy groups -OCH3 is 1. The van der Waals surface area contributed by atoms with Crippen LogP contribution in [0.4, 0.5) is 0 Å². The maximum Gasteiger partial charge on any atom is 0.270 e. The highest BCUT2D eigenvalue weighted by atomic mass is 35.5. The molecule has 3 atom stereocenters. The Bertz CT molecular complexity index is 1150. The molecule has 2 heterocycles. The van der Waals surface area contributed by atoms with Crippen molar-refractivity contribution >= 4 is 41.0 Å². The minimum atomic E-state index is -0.526. The van der Waals surface area contributed by atoms with E-state index in [1.54, 1.807) is 21.1 Å². The number of carbonyl (C=O) groups is 3. The van der Waals surface area contributed by atoms with E-state index in [0.717, 1.165) is 42.3 Å². The third kappa shape index (κ3) is 6.10. The standard InChI is InChI=1S/C28H41N5O4.ClH/c1-18-17-32(27(35)24-15-21-11-12-22(37-5)16-23(21)31(24)4)13-14-33(18)28(36)25(20-9-7-6-8-10-20)30-26(34)19(2)29-3;/h11-12,15-16,18-20,25,29H,6-10,13-14,17H2,1-5H3,(H,30,34);1H/t18?,19?,25-;/m0./s1. The number of carbonyl (C=O) groups excluding carboxylic acids is 3. The van der Waals surface area contributed by atoms with E-state index in [2.05, 4.69) is 10.6 Å². The van der Waals surface area contributed by atoms with E-state index in [1.165, 1.54) is 6.42 Å². The molecular weight excluding hydrogens is 506 g/mol. The minimum Gasteiger partial charge on any atom is -0.497 e. The third-order valence-electron chi connectivity index (χ3n) is 8.18. The Kier molecular flexibility index (Phi) is 10.1. The lowest BCUT2D eigenvalue weighted by atomic mass is 9.83. The van der Waals surface area contributed by atoms with Gasteiger partial charge in [-0.1, -0.05) is 19.3 Å². The fourth-order valence-corrected chi connectivity index (χ4v) is 5.71. The van der Waals surface area contributed by atoms with Gasteiger partial charge in [0.25, 0.3) is 5.91 Å². The molecule has 1 aromatic heterocycles. The van der Waals surface area contributed by atoms with Crippen LogP contribution in [-0.4, -0.2) is 84.0 Å². The first-order chi connectivity index (χ1) is 17.7. The molecule has 4 rings (SSSR count). The molecule has 1 aromatic carbocycles. The number of piperazine rings is 1. The van der Waals surface area contributed by atoms with Crippen LogP contribution >= 0.6 is 12.4 Å². The summed E-state index contributed by atoms with van der Waals surface area (Å²) in [7, 11) is 5.26. The first-order valence-corrected chi connectivity index (χ1v) is 13.5. The van der Waals surface area contributed by atoms with E-state index in [9.17, 15) is 14.4 Å². The molecular formula is C28H42ClN5O4. The molecule has 0 spiro atoms. The Morgan fingerprint density at radius 3 is 2.42 bits per heavy atom. The lowest BCUT2D eigenvalue weighted by Gasteiger charge is -2.43. The zero-order valence-corrected chi connectivity index (χ0v) is 24.0. The van der Waals surface area contributed by atoms with Crippen LogP contribution in [0.2, 0.25) is 0 Å². The number of nitrogens with one attached hydrogen (secondary N) is 2. The zero-order chi connectivity index (χ0) is 26.7. The molecule has 2 fully saturated rings. The number of benzene rings is 1. The third-order valence-corrected chi connectivity index (χ3v) is 8.18. The summed E-state index contributed by atoms with van der Waals surface area (Å²) in [4.78, 5) is 43.7. The first kappa shape index (κ1) is 29.8. The summed E-state index contributed by atoms with van der Waals surface area (Å²) >= 11 is 0. The highest BCUT2D eigenvalue weighted by Crippen LogP contribution is 2.29. The van der Waals surface area contributed by atoms with Crippen molar-refractivity contribution in [3.05, 3.63) is 30.0 Å². The number of nitrogens with zero attached hydrogens (tertiary/aromatic N) is 3. The van der Waals surface area contributed by atoms with Crippen molar-refractivity contribution in [2.45, 2.75) is 64.1 Å². The Morgan fingerprint density at radius 1 is 1.08 bits per heavy atom. The Morgan fingerprint density at radius 2 is 1.79 bits per heavy atom. The quantitative estimate of drug-likeness (QED) is 0.555. The molecule has 0 radical (unpaired) electrons. The number of amides is 3. The number of fused-ring (bicyclic) bond motifs is 1. The van der Waals surface area contributed by atoms with Crippen LogP contribution in [0.3, 0.4) is 0 Å². The first-order valence-electron chi connectivity index (χ1n) is 13.5. The molecule has 210 valence electrons. The largest absolute Gasteiger partial charge is 0.497 e. The van der Waals surface area contributed by atoms with Gasteiger partial charge in [0.2, 0.25) is 11.8 Å². The molecule has 1 aliphatic carbocycles. The normalized spacial score (nSPS) is 20.0. The summed E-state index contributed by atoms with van der Waals surface area (Å²) in [6.07, 6.45) is 5.24. The lowest BCUT2D eigenvalue weighted by Crippen LogP contribution is -2.62. The van der Waals surface area contributed by atoms with Crippen LogP contribution in [0, 0.1) is 5.92 Å². The number of likely N-dealkylation sites (N-methyl/N-ethyl adjacent to an activating group) is 1. The maximum atomic E-state index is 13.8. The number of hydrogen-bond donors (Lipinski definition) is 2. The van der Waals surface area contributed by atoms with Crippen LogP contribution < -0.4 is 15.4 Å². The maximum absolute atomic E-state index is 13.8. The second-order valence-electron chi connectivity index (χ2n) is 10.5. The van der Waals surface area contributed by atoms with Crippen LogP contribution in [0.25, 0.3) is 10.9 Å². The molecule has 10 heteroatoms. The van der Waals surface area contributed by atoms with Crippen LogP contribution in [-0.2, 0) is 16.6 Å². The Labute approximate surface area is 231 Å². The second-order valence-corrected chi connectivity index (χ2v) is 10.5. The molecule has 2 aromatic rings. The average molecular weight is 548 g/mol. The summed E-state index contributed by atoms with van der Waals surface area (Å²) in [6, 6.07) is 6.65. The van der Waals surface area contributed by atoms with E-state index in [1.807, 2.05) is 52.6 Å².